The maximum atomic E-state index is 13.1. The van der Waals surface area contributed by atoms with E-state index in [1.54, 1.807) is 13.0 Å². The molecule has 0 aliphatic carbocycles. The van der Waals surface area contributed by atoms with Gasteiger partial charge in [-0.3, -0.25) is 4.79 Å². The first kappa shape index (κ1) is 23.2. The molecule has 31 heavy (non-hydrogen) atoms. The second kappa shape index (κ2) is 9.37. The zero-order valence-electron chi connectivity index (χ0n) is 16.9. The Morgan fingerprint density at radius 3 is 2.48 bits per heavy atom. The van der Waals surface area contributed by atoms with Crippen LogP contribution in [0.1, 0.15) is 27.0 Å². The van der Waals surface area contributed by atoms with E-state index in [0.717, 1.165) is 6.07 Å². The van der Waals surface area contributed by atoms with Crippen molar-refractivity contribution in [1.29, 1.82) is 0 Å². The number of hydrogen-bond donors (Lipinski definition) is 1. The normalized spacial score (nSPS) is 15.6. The number of nitrogens with one attached hydrogen (secondary N) is 1. The van der Waals surface area contributed by atoms with Crippen LogP contribution in [0, 0.1) is 6.92 Å². The quantitative estimate of drug-likeness (QED) is 0.725. The molecule has 1 saturated heterocycles. The Morgan fingerprint density at radius 1 is 1.13 bits per heavy atom. The Morgan fingerprint density at radius 2 is 1.81 bits per heavy atom. The van der Waals surface area contributed by atoms with E-state index in [4.69, 9.17) is 4.74 Å². The molecule has 0 bridgehead atoms. The average molecular weight is 456 g/mol. The average Bonchev–Trinajstić information content (AvgIpc) is 2.74. The van der Waals surface area contributed by atoms with Crippen molar-refractivity contribution in [3.63, 3.8) is 0 Å². The number of amides is 1. The first-order chi connectivity index (χ1) is 14.6. The van der Waals surface area contributed by atoms with Gasteiger partial charge in [0.2, 0.25) is 10.0 Å². The molecule has 1 amide bonds. The lowest BCUT2D eigenvalue weighted by Crippen LogP contribution is -2.40. The number of halogens is 3. The van der Waals surface area contributed by atoms with Gasteiger partial charge in [-0.05, 0) is 42.7 Å². The van der Waals surface area contributed by atoms with Gasteiger partial charge in [0.15, 0.2) is 0 Å². The van der Waals surface area contributed by atoms with Crippen LogP contribution >= 0.6 is 0 Å². The Balaban J connectivity index is 1.72. The van der Waals surface area contributed by atoms with Gasteiger partial charge in [0, 0.05) is 25.2 Å². The molecular formula is C21H23F3N2O4S. The predicted octanol–water partition coefficient (Wildman–Crippen LogP) is 3.01. The highest BCUT2D eigenvalue weighted by atomic mass is 32.2. The third kappa shape index (κ3) is 5.44. The molecule has 0 aromatic heterocycles. The van der Waals surface area contributed by atoms with Crippen molar-refractivity contribution in [2.45, 2.75) is 24.4 Å². The highest BCUT2D eigenvalue weighted by Crippen LogP contribution is 2.32. The number of carbonyl (C=O) groups excluding carboxylic acids is 1. The van der Waals surface area contributed by atoms with Gasteiger partial charge in [0.05, 0.1) is 23.7 Å². The molecule has 1 heterocycles. The van der Waals surface area contributed by atoms with E-state index in [1.165, 1.54) is 34.6 Å². The molecule has 2 aromatic rings. The SMILES string of the molecule is Cc1ccc(S(=O)(=O)N2CCOCC2)cc1C(=O)NCCc1ccccc1C(F)(F)F. The van der Waals surface area contributed by atoms with E-state index < -0.39 is 27.7 Å². The van der Waals surface area contributed by atoms with Gasteiger partial charge in [0.1, 0.15) is 0 Å². The minimum absolute atomic E-state index is 0.00688. The van der Waals surface area contributed by atoms with E-state index in [-0.39, 0.29) is 42.1 Å². The fraction of sp³-hybridized carbons (Fsp3) is 0.381. The predicted molar refractivity (Wildman–Crippen MR) is 108 cm³/mol. The van der Waals surface area contributed by atoms with E-state index in [2.05, 4.69) is 5.32 Å². The van der Waals surface area contributed by atoms with Crippen molar-refractivity contribution in [3.8, 4) is 0 Å². The van der Waals surface area contributed by atoms with Gasteiger partial charge >= 0.3 is 6.18 Å². The molecule has 1 aliphatic heterocycles. The van der Waals surface area contributed by atoms with E-state index >= 15 is 0 Å². The summed E-state index contributed by atoms with van der Waals surface area (Å²) in [7, 11) is -3.77. The van der Waals surface area contributed by atoms with Gasteiger partial charge < -0.3 is 10.1 Å². The number of rotatable bonds is 6. The van der Waals surface area contributed by atoms with Crippen LogP contribution in [0.15, 0.2) is 47.4 Å². The second-order valence-corrected chi connectivity index (χ2v) is 9.09. The highest BCUT2D eigenvalue weighted by Gasteiger charge is 2.32. The molecule has 1 N–H and O–H groups in total. The van der Waals surface area contributed by atoms with Crippen LogP contribution in [0.3, 0.4) is 0 Å². The summed E-state index contributed by atoms with van der Waals surface area (Å²) in [6.07, 6.45) is -4.48. The van der Waals surface area contributed by atoms with Gasteiger partial charge in [-0.1, -0.05) is 24.3 Å². The molecule has 0 radical (unpaired) electrons. The van der Waals surface area contributed by atoms with Crippen molar-refractivity contribution in [2.24, 2.45) is 0 Å². The van der Waals surface area contributed by atoms with Crippen molar-refractivity contribution in [3.05, 3.63) is 64.7 Å². The van der Waals surface area contributed by atoms with E-state index in [9.17, 15) is 26.4 Å². The number of benzene rings is 2. The highest BCUT2D eigenvalue weighted by molar-refractivity contribution is 7.89. The Kier molecular flexibility index (Phi) is 7.03. The van der Waals surface area contributed by atoms with Gasteiger partial charge in [-0.15, -0.1) is 0 Å². The van der Waals surface area contributed by atoms with Crippen LogP contribution in [-0.2, 0) is 27.4 Å². The number of aryl methyl sites for hydroxylation is 1. The third-order valence-electron chi connectivity index (χ3n) is 5.06. The summed E-state index contributed by atoms with van der Waals surface area (Å²) >= 11 is 0. The molecule has 6 nitrogen and oxygen atoms in total. The van der Waals surface area contributed by atoms with Gasteiger partial charge in [0.25, 0.3) is 5.91 Å². The minimum Gasteiger partial charge on any atom is -0.379 e. The molecule has 10 heteroatoms. The molecule has 1 aliphatic rings. The van der Waals surface area contributed by atoms with Crippen LogP contribution in [0.4, 0.5) is 13.2 Å². The van der Waals surface area contributed by atoms with Crippen LogP contribution in [0.25, 0.3) is 0 Å². The maximum Gasteiger partial charge on any atom is 0.416 e. The molecule has 3 rings (SSSR count). The van der Waals surface area contributed by atoms with Crippen molar-refractivity contribution >= 4 is 15.9 Å². The zero-order valence-corrected chi connectivity index (χ0v) is 17.7. The van der Waals surface area contributed by atoms with E-state index in [0.29, 0.717) is 18.8 Å². The topological polar surface area (TPSA) is 75.7 Å². The first-order valence-electron chi connectivity index (χ1n) is 9.72. The smallest absolute Gasteiger partial charge is 0.379 e. The lowest BCUT2D eigenvalue weighted by atomic mass is 10.0. The summed E-state index contributed by atoms with van der Waals surface area (Å²) in [4.78, 5) is 12.6. The molecule has 0 spiro atoms. The van der Waals surface area contributed by atoms with E-state index in [1.807, 2.05) is 0 Å². The number of carbonyl (C=O) groups is 1. The molecular weight excluding hydrogens is 433 g/mol. The van der Waals surface area contributed by atoms with Crippen LogP contribution in [-0.4, -0.2) is 51.5 Å². The number of alkyl halides is 3. The molecule has 0 unspecified atom stereocenters. The van der Waals surface area contributed by atoms with Crippen molar-refractivity contribution < 1.29 is 31.1 Å². The number of hydrogen-bond acceptors (Lipinski definition) is 4. The number of morpholine rings is 1. The summed E-state index contributed by atoms with van der Waals surface area (Å²) in [6.45, 7) is 2.72. The van der Waals surface area contributed by atoms with Crippen molar-refractivity contribution in [2.75, 3.05) is 32.8 Å². The summed E-state index contributed by atoms with van der Waals surface area (Å²) in [6, 6.07) is 9.49. The number of sulfonamides is 1. The molecule has 2 aromatic carbocycles. The Labute approximate surface area is 179 Å². The number of nitrogens with zero attached hydrogens (tertiary/aromatic N) is 1. The molecule has 168 valence electrons. The summed E-state index contributed by atoms with van der Waals surface area (Å²) in [5.41, 5.74) is 0.0715. The molecule has 0 atom stereocenters. The molecule has 0 saturated carbocycles. The van der Waals surface area contributed by atoms with Crippen LogP contribution in [0.5, 0.6) is 0 Å². The summed E-state index contributed by atoms with van der Waals surface area (Å²) in [5, 5.41) is 2.59. The van der Waals surface area contributed by atoms with Gasteiger partial charge in [-0.25, -0.2) is 8.42 Å². The summed E-state index contributed by atoms with van der Waals surface area (Å²) < 4.78 is 71.5. The fourth-order valence-corrected chi connectivity index (χ4v) is 4.80. The largest absolute Gasteiger partial charge is 0.416 e. The van der Waals surface area contributed by atoms with Crippen molar-refractivity contribution in [1.82, 2.24) is 9.62 Å². The lowest BCUT2D eigenvalue weighted by Gasteiger charge is -2.26. The monoisotopic (exact) mass is 456 g/mol. The first-order valence-corrected chi connectivity index (χ1v) is 11.2. The van der Waals surface area contributed by atoms with Crippen LogP contribution < -0.4 is 5.32 Å². The second-order valence-electron chi connectivity index (χ2n) is 7.15. The van der Waals surface area contributed by atoms with Crippen LogP contribution in [0.2, 0.25) is 0 Å². The fourth-order valence-electron chi connectivity index (χ4n) is 3.36. The standard InChI is InChI=1S/C21H23F3N2O4S/c1-15-6-7-17(31(28,29)26-10-12-30-13-11-26)14-18(15)20(27)25-9-8-16-4-2-3-5-19(16)21(22,23)24/h2-7,14H,8-13H2,1H3,(H,25,27). The Hall–Kier alpha value is -2.43. The third-order valence-corrected chi connectivity index (χ3v) is 6.96. The maximum absolute atomic E-state index is 13.1. The zero-order chi connectivity index (χ0) is 22.6. The minimum atomic E-state index is -4.47. The molecule has 1 fully saturated rings. The van der Waals surface area contributed by atoms with Gasteiger partial charge in [-0.2, -0.15) is 17.5 Å². The number of ether oxygens (including phenoxy) is 1. The summed E-state index contributed by atoms with van der Waals surface area (Å²) in [5.74, 6) is -0.541. The lowest BCUT2D eigenvalue weighted by molar-refractivity contribution is -0.138. The Bertz CT molecular complexity index is 1050.